The molecule has 0 fully saturated rings. The predicted octanol–water partition coefficient (Wildman–Crippen LogP) is 4.01. The van der Waals surface area contributed by atoms with Gasteiger partial charge in [-0.3, -0.25) is 4.57 Å². The van der Waals surface area contributed by atoms with Crippen molar-refractivity contribution in [3.8, 4) is 5.75 Å². The third-order valence-corrected chi connectivity index (χ3v) is 4.48. The number of rotatable bonds is 5. The Morgan fingerprint density at radius 3 is 1.79 bits per heavy atom. The van der Waals surface area contributed by atoms with Gasteiger partial charge in [0.1, 0.15) is 5.75 Å². The summed E-state index contributed by atoms with van der Waals surface area (Å²) in [5.41, 5.74) is 1.66. The molecule has 1 aromatic rings. The molecule has 1 rings (SSSR count). The molecular weight excluding hydrogens is 374 g/mol. The average molecular weight is 402 g/mol. The van der Waals surface area contributed by atoms with E-state index in [-0.39, 0.29) is 46.3 Å². The van der Waals surface area contributed by atoms with Crippen molar-refractivity contribution in [2.45, 2.75) is 65.9 Å². The third-order valence-electron chi connectivity index (χ3n) is 3.46. The summed E-state index contributed by atoms with van der Waals surface area (Å²) in [7, 11) is -4.29. The molecule has 1 radical (unpaired) electrons. The van der Waals surface area contributed by atoms with Crippen molar-refractivity contribution in [2.75, 3.05) is 6.61 Å². The van der Waals surface area contributed by atoms with Gasteiger partial charge in [0.15, 0.2) is 0 Å². The molecule has 0 bridgehead atoms. The summed E-state index contributed by atoms with van der Waals surface area (Å²) < 4.78 is 21.1. The molecule has 0 aliphatic rings. The van der Waals surface area contributed by atoms with E-state index in [2.05, 4.69) is 4.52 Å². The van der Waals surface area contributed by atoms with E-state index >= 15 is 0 Å². The molecule has 141 valence electrons. The second kappa shape index (κ2) is 8.34. The Balaban J connectivity index is 0.00000529. The van der Waals surface area contributed by atoms with Crippen molar-refractivity contribution >= 4 is 7.82 Å². The average Bonchev–Trinajstić information content (AvgIpc) is 2.34. The van der Waals surface area contributed by atoms with Crippen LogP contribution in [0.5, 0.6) is 5.75 Å². The molecule has 0 aromatic heterocycles. The van der Waals surface area contributed by atoms with Crippen molar-refractivity contribution < 1.29 is 40.1 Å². The molecule has 1 unspecified atom stereocenters. The van der Waals surface area contributed by atoms with Gasteiger partial charge in [0.25, 0.3) is 7.82 Å². The van der Waals surface area contributed by atoms with Gasteiger partial charge in [0, 0.05) is 0 Å². The zero-order valence-electron chi connectivity index (χ0n) is 15.4. The summed E-state index contributed by atoms with van der Waals surface area (Å²) in [6.45, 7) is 13.5. The van der Waals surface area contributed by atoms with Gasteiger partial charge >= 0.3 is 16.5 Å². The number of hydrogen-bond acceptors (Lipinski definition) is 5. The molecule has 5 nitrogen and oxygen atoms in total. The van der Waals surface area contributed by atoms with Crippen LogP contribution in [0.1, 0.15) is 65.2 Å². The molecule has 0 aliphatic heterocycles. The Labute approximate surface area is 155 Å². The Hall–Kier alpha value is -0.376. The van der Waals surface area contributed by atoms with E-state index in [0.717, 1.165) is 11.1 Å². The zero-order chi connectivity index (χ0) is 18.1. The van der Waals surface area contributed by atoms with Crippen molar-refractivity contribution in [1.29, 1.82) is 0 Å². The van der Waals surface area contributed by atoms with Gasteiger partial charge in [-0.2, -0.15) is 0 Å². The standard InChI is InChI=1S/C17H29O5P.Ni/c1-8-21-23(19,20)22-11-12-9-13(16(2,3)4)15(18)14(10-12)17(5,6)7;/h9-10,18H,8,11H2,1-7H3,(H,19,20);/q;+1/p-1. The Kier molecular flexibility index (Phi) is 8.20. The Morgan fingerprint density at radius 1 is 1.04 bits per heavy atom. The van der Waals surface area contributed by atoms with Crippen LogP contribution in [0.15, 0.2) is 12.1 Å². The number of phosphoric acid groups is 1. The quantitative estimate of drug-likeness (QED) is 0.595. The molecule has 24 heavy (non-hydrogen) atoms. The normalized spacial score (nSPS) is 14.8. The van der Waals surface area contributed by atoms with E-state index in [0.29, 0.717) is 5.56 Å². The molecule has 0 amide bonds. The van der Waals surface area contributed by atoms with Crippen LogP contribution in [0.2, 0.25) is 0 Å². The maximum absolute atomic E-state index is 11.6. The van der Waals surface area contributed by atoms with Gasteiger partial charge in [0.2, 0.25) is 0 Å². The van der Waals surface area contributed by atoms with Gasteiger partial charge in [-0.15, -0.1) is 0 Å². The second-order valence-electron chi connectivity index (χ2n) is 7.68. The summed E-state index contributed by atoms with van der Waals surface area (Å²) in [5, 5.41) is 10.6. The minimum Gasteiger partial charge on any atom is -0.756 e. The van der Waals surface area contributed by atoms with E-state index in [1.165, 1.54) is 0 Å². The maximum atomic E-state index is 11.6. The van der Waals surface area contributed by atoms with Crippen LogP contribution >= 0.6 is 7.82 Å². The fourth-order valence-electron chi connectivity index (χ4n) is 2.27. The van der Waals surface area contributed by atoms with Gasteiger partial charge in [-0.05, 0) is 46.6 Å². The fraction of sp³-hybridized carbons (Fsp3) is 0.647. The second-order valence-corrected chi connectivity index (χ2v) is 9.09. The Bertz CT molecular complexity index is 567. The number of phenolic OH excluding ortho intramolecular Hbond substituents is 1. The number of benzene rings is 1. The SMILES string of the molecule is CCOP(=O)([O-])OCc1cc(C(C)(C)C)c(O)c(C(C)(C)C)c1.[Ni+]. The summed E-state index contributed by atoms with van der Waals surface area (Å²) >= 11 is 0. The largest absolute Gasteiger partial charge is 1.00 e. The molecule has 0 saturated heterocycles. The van der Waals surface area contributed by atoms with Gasteiger partial charge in [0.05, 0.1) is 13.2 Å². The molecule has 0 saturated carbocycles. The first-order chi connectivity index (χ1) is 10.3. The molecule has 0 spiro atoms. The van der Waals surface area contributed by atoms with Gasteiger partial charge in [-0.1, -0.05) is 41.5 Å². The van der Waals surface area contributed by atoms with E-state index in [4.69, 9.17) is 4.52 Å². The number of hydrogen-bond donors (Lipinski definition) is 1. The van der Waals surface area contributed by atoms with Gasteiger partial charge in [-0.25, -0.2) is 0 Å². The van der Waals surface area contributed by atoms with E-state index < -0.39 is 7.82 Å². The zero-order valence-corrected chi connectivity index (χ0v) is 17.3. The van der Waals surface area contributed by atoms with Crippen molar-refractivity contribution in [1.82, 2.24) is 0 Å². The van der Waals surface area contributed by atoms with Crippen LogP contribution in [0.3, 0.4) is 0 Å². The van der Waals surface area contributed by atoms with Crippen LogP contribution in [-0.2, 0) is 47.5 Å². The number of phenols is 1. The summed E-state index contributed by atoms with van der Waals surface area (Å²) in [5.74, 6) is 0.254. The third kappa shape index (κ3) is 6.50. The van der Waals surface area contributed by atoms with Crippen molar-refractivity contribution in [3.05, 3.63) is 28.8 Å². The monoisotopic (exact) mass is 401 g/mol. The molecule has 0 aliphatic carbocycles. The number of aromatic hydroxyl groups is 1. The summed E-state index contributed by atoms with van der Waals surface area (Å²) in [6.07, 6.45) is 0. The number of phosphoric ester groups is 1. The summed E-state index contributed by atoms with van der Waals surface area (Å²) in [4.78, 5) is 11.6. The first-order valence-corrected chi connectivity index (χ1v) is 9.21. The molecule has 1 atom stereocenters. The molecule has 0 heterocycles. The topological polar surface area (TPSA) is 78.8 Å². The van der Waals surface area contributed by atoms with Crippen molar-refractivity contribution in [3.63, 3.8) is 0 Å². The van der Waals surface area contributed by atoms with Crippen LogP contribution in [0, 0.1) is 0 Å². The molecule has 1 N–H and O–H groups in total. The minimum absolute atomic E-state index is 0. The van der Waals surface area contributed by atoms with Gasteiger partial charge < -0.3 is 19.0 Å². The summed E-state index contributed by atoms with van der Waals surface area (Å²) in [6, 6.07) is 3.58. The first-order valence-electron chi connectivity index (χ1n) is 7.75. The molecule has 1 aromatic carbocycles. The Morgan fingerprint density at radius 2 is 1.46 bits per heavy atom. The van der Waals surface area contributed by atoms with E-state index in [9.17, 15) is 14.6 Å². The van der Waals surface area contributed by atoms with Crippen molar-refractivity contribution in [2.24, 2.45) is 0 Å². The maximum Gasteiger partial charge on any atom is 1.00 e. The van der Waals surface area contributed by atoms with Crippen LogP contribution in [-0.4, -0.2) is 11.7 Å². The molecule has 7 heteroatoms. The van der Waals surface area contributed by atoms with Crippen LogP contribution in [0.4, 0.5) is 0 Å². The fourth-order valence-corrected chi connectivity index (χ4v) is 2.97. The molecular formula is C17H28NiO5P. The van der Waals surface area contributed by atoms with Crippen LogP contribution < -0.4 is 4.89 Å². The smallest absolute Gasteiger partial charge is 0.756 e. The first kappa shape index (κ1) is 23.6. The predicted molar refractivity (Wildman–Crippen MR) is 89.5 cm³/mol. The van der Waals surface area contributed by atoms with E-state index in [1.807, 2.05) is 41.5 Å². The van der Waals surface area contributed by atoms with Crippen LogP contribution in [0.25, 0.3) is 0 Å². The van der Waals surface area contributed by atoms with E-state index in [1.54, 1.807) is 19.1 Å². The minimum atomic E-state index is -4.29.